The molecular formula is C25H35N3O7. The second-order valence-electron chi connectivity index (χ2n) is 9.98. The molecule has 3 rings (SSSR count). The van der Waals surface area contributed by atoms with Gasteiger partial charge in [-0.2, -0.15) is 0 Å². The summed E-state index contributed by atoms with van der Waals surface area (Å²) in [5.74, 6) is -2.83. The van der Waals surface area contributed by atoms with Crippen molar-refractivity contribution in [3.63, 3.8) is 0 Å². The van der Waals surface area contributed by atoms with Crippen LogP contribution >= 0.6 is 0 Å². The van der Waals surface area contributed by atoms with Crippen LogP contribution in [0.25, 0.3) is 0 Å². The third-order valence-corrected chi connectivity index (χ3v) is 6.17. The lowest BCUT2D eigenvalue weighted by Gasteiger charge is -2.33. The molecule has 0 spiro atoms. The van der Waals surface area contributed by atoms with E-state index < -0.39 is 59.0 Å². The van der Waals surface area contributed by atoms with E-state index in [0.717, 1.165) is 5.56 Å². The van der Waals surface area contributed by atoms with Crippen LogP contribution in [-0.4, -0.2) is 54.5 Å². The first-order chi connectivity index (χ1) is 16.4. The van der Waals surface area contributed by atoms with E-state index >= 15 is 0 Å². The van der Waals surface area contributed by atoms with Gasteiger partial charge in [0.1, 0.15) is 11.1 Å². The number of benzene rings is 1. The Balaban J connectivity index is 1.87. The maximum Gasteiger partial charge on any atom is 0.408 e. The van der Waals surface area contributed by atoms with Crippen molar-refractivity contribution >= 4 is 29.8 Å². The number of ether oxygens (including phenoxy) is 3. The Kier molecular flexibility index (Phi) is 7.62. The summed E-state index contributed by atoms with van der Waals surface area (Å²) < 4.78 is 15.9. The van der Waals surface area contributed by atoms with Gasteiger partial charge in [-0.3, -0.25) is 4.79 Å². The standard InChI is InChI=1S/C25H35N3O7/c1-7-33-20(29)18-17-16(27-22(31)26-15-11-9-10-14(3)12-15)13-25(19(17)18,21(30)34-8-2)28-23(32)35-24(4,5)6/h9-12,16-19H,7-8,13H2,1-6H3,(H,28,32)(H2,26,27,31). The molecule has 10 heteroatoms. The number of nitrogens with one attached hydrogen (secondary N) is 3. The number of aryl methyl sites for hydroxylation is 1. The summed E-state index contributed by atoms with van der Waals surface area (Å²) in [5, 5.41) is 8.35. The topological polar surface area (TPSA) is 132 Å². The monoisotopic (exact) mass is 489 g/mol. The number of esters is 2. The zero-order valence-corrected chi connectivity index (χ0v) is 21.1. The smallest absolute Gasteiger partial charge is 0.408 e. The summed E-state index contributed by atoms with van der Waals surface area (Å²) in [6.45, 7) is 10.6. The molecule has 3 N–H and O–H groups in total. The van der Waals surface area contributed by atoms with Gasteiger partial charge in [0.05, 0.1) is 19.1 Å². The van der Waals surface area contributed by atoms with Crippen molar-refractivity contribution in [2.45, 2.75) is 65.1 Å². The van der Waals surface area contributed by atoms with Crippen LogP contribution in [0, 0.1) is 24.7 Å². The van der Waals surface area contributed by atoms with Crippen molar-refractivity contribution in [3.05, 3.63) is 29.8 Å². The molecule has 35 heavy (non-hydrogen) atoms. The van der Waals surface area contributed by atoms with E-state index in [-0.39, 0.29) is 19.6 Å². The number of carbonyl (C=O) groups excluding carboxylic acids is 4. The fourth-order valence-electron chi connectivity index (χ4n) is 4.99. The minimum absolute atomic E-state index is 0.0531. The number of amides is 3. The largest absolute Gasteiger partial charge is 0.466 e. The highest BCUT2D eigenvalue weighted by molar-refractivity contribution is 5.93. The first-order valence-electron chi connectivity index (χ1n) is 11.9. The summed E-state index contributed by atoms with van der Waals surface area (Å²) in [5.41, 5.74) is -0.746. The van der Waals surface area contributed by atoms with Crippen molar-refractivity contribution < 1.29 is 33.4 Å². The van der Waals surface area contributed by atoms with E-state index in [9.17, 15) is 19.2 Å². The van der Waals surface area contributed by atoms with E-state index in [1.807, 2.05) is 25.1 Å². The predicted octanol–water partition coefficient (Wildman–Crippen LogP) is 3.14. The first-order valence-corrected chi connectivity index (χ1v) is 11.9. The van der Waals surface area contributed by atoms with Gasteiger partial charge in [-0.05, 0) is 65.2 Å². The SMILES string of the molecule is CCOC(=O)C1C2C(NC(=O)Nc3cccc(C)c3)CC(NC(=O)OC(C)(C)C)(C(=O)OCC)C12. The van der Waals surface area contributed by atoms with Crippen LogP contribution in [0.3, 0.4) is 0 Å². The fraction of sp³-hybridized carbons (Fsp3) is 0.600. The van der Waals surface area contributed by atoms with Crippen molar-refractivity contribution in [2.24, 2.45) is 17.8 Å². The van der Waals surface area contributed by atoms with Crippen LogP contribution in [-0.2, 0) is 23.8 Å². The maximum atomic E-state index is 13.2. The van der Waals surface area contributed by atoms with Gasteiger partial charge in [-0.25, -0.2) is 14.4 Å². The lowest BCUT2D eigenvalue weighted by atomic mass is 9.89. The molecule has 0 aromatic heterocycles. The lowest BCUT2D eigenvalue weighted by Crippen LogP contribution is -2.59. The minimum Gasteiger partial charge on any atom is -0.466 e. The number of alkyl carbamates (subject to hydrolysis) is 1. The molecule has 5 atom stereocenters. The molecule has 2 saturated carbocycles. The molecule has 10 nitrogen and oxygen atoms in total. The second-order valence-corrected chi connectivity index (χ2v) is 9.98. The number of fused-ring (bicyclic) bond motifs is 1. The van der Waals surface area contributed by atoms with Crippen molar-refractivity contribution in [1.82, 2.24) is 10.6 Å². The minimum atomic E-state index is -1.54. The fourth-order valence-corrected chi connectivity index (χ4v) is 4.99. The van der Waals surface area contributed by atoms with Crippen LogP contribution in [0.15, 0.2) is 24.3 Å². The Labute approximate surface area is 205 Å². The maximum absolute atomic E-state index is 13.2. The summed E-state index contributed by atoms with van der Waals surface area (Å²) in [6.07, 6.45) is -0.749. The molecule has 3 amide bonds. The normalized spacial score (nSPS) is 26.7. The van der Waals surface area contributed by atoms with E-state index in [1.165, 1.54) is 0 Å². The van der Waals surface area contributed by atoms with Crippen LogP contribution in [0.4, 0.5) is 15.3 Å². The highest BCUT2D eigenvalue weighted by Crippen LogP contribution is 2.63. The molecule has 0 bridgehead atoms. The van der Waals surface area contributed by atoms with E-state index in [2.05, 4.69) is 16.0 Å². The summed E-state index contributed by atoms with van der Waals surface area (Å²) >= 11 is 0. The Morgan fingerprint density at radius 2 is 1.77 bits per heavy atom. The van der Waals surface area contributed by atoms with Crippen molar-refractivity contribution in [3.8, 4) is 0 Å². The molecule has 0 aliphatic heterocycles. The number of urea groups is 1. The van der Waals surface area contributed by atoms with Gasteiger partial charge < -0.3 is 30.2 Å². The van der Waals surface area contributed by atoms with Gasteiger partial charge in [0.25, 0.3) is 0 Å². The van der Waals surface area contributed by atoms with Gasteiger partial charge in [0.2, 0.25) is 0 Å². The predicted molar refractivity (Wildman–Crippen MR) is 128 cm³/mol. The molecule has 2 aliphatic rings. The molecule has 5 unspecified atom stereocenters. The van der Waals surface area contributed by atoms with Crippen molar-refractivity contribution in [2.75, 3.05) is 18.5 Å². The Morgan fingerprint density at radius 3 is 2.37 bits per heavy atom. The van der Waals surface area contributed by atoms with Crippen LogP contribution in [0.1, 0.15) is 46.6 Å². The molecule has 0 heterocycles. The van der Waals surface area contributed by atoms with Crippen LogP contribution in [0.2, 0.25) is 0 Å². The number of hydrogen-bond donors (Lipinski definition) is 3. The average Bonchev–Trinajstić information content (AvgIpc) is 3.41. The van der Waals surface area contributed by atoms with Gasteiger partial charge in [-0.1, -0.05) is 12.1 Å². The molecule has 2 fully saturated rings. The summed E-state index contributed by atoms with van der Waals surface area (Å²) in [6, 6.07) is 6.25. The number of rotatable bonds is 7. The van der Waals surface area contributed by atoms with Gasteiger partial charge >= 0.3 is 24.1 Å². The molecule has 1 aromatic rings. The Hall–Kier alpha value is -3.30. The van der Waals surface area contributed by atoms with Gasteiger partial charge in [-0.15, -0.1) is 0 Å². The summed E-state index contributed by atoms with van der Waals surface area (Å²) in [7, 11) is 0. The number of anilines is 1. The zero-order valence-electron chi connectivity index (χ0n) is 21.1. The third-order valence-electron chi connectivity index (χ3n) is 6.17. The first kappa shape index (κ1) is 26.3. The van der Waals surface area contributed by atoms with Gasteiger partial charge in [0.15, 0.2) is 0 Å². The van der Waals surface area contributed by atoms with E-state index in [0.29, 0.717) is 5.69 Å². The third kappa shape index (κ3) is 5.86. The number of hydrogen-bond acceptors (Lipinski definition) is 7. The van der Waals surface area contributed by atoms with Gasteiger partial charge in [0, 0.05) is 24.1 Å². The van der Waals surface area contributed by atoms with Crippen molar-refractivity contribution in [1.29, 1.82) is 0 Å². The Morgan fingerprint density at radius 1 is 1.09 bits per heavy atom. The quantitative estimate of drug-likeness (QED) is 0.396. The van der Waals surface area contributed by atoms with Crippen LogP contribution < -0.4 is 16.0 Å². The second kappa shape index (κ2) is 10.1. The molecule has 2 aliphatic carbocycles. The van der Waals surface area contributed by atoms with Crippen LogP contribution in [0.5, 0.6) is 0 Å². The summed E-state index contributed by atoms with van der Waals surface area (Å²) in [4.78, 5) is 51.5. The van der Waals surface area contributed by atoms with E-state index in [4.69, 9.17) is 14.2 Å². The highest BCUT2D eigenvalue weighted by atomic mass is 16.6. The molecule has 192 valence electrons. The number of carbonyl (C=O) groups is 4. The molecule has 1 aromatic carbocycles. The molecule has 0 radical (unpaired) electrons. The molecule has 0 saturated heterocycles. The Bertz CT molecular complexity index is 990. The zero-order chi connectivity index (χ0) is 26.0. The lowest BCUT2D eigenvalue weighted by molar-refractivity contribution is -0.153. The molecular weight excluding hydrogens is 454 g/mol. The average molecular weight is 490 g/mol. The highest BCUT2D eigenvalue weighted by Gasteiger charge is 2.76. The van der Waals surface area contributed by atoms with E-state index in [1.54, 1.807) is 40.7 Å².